The minimum absolute atomic E-state index is 0.132. The van der Waals surface area contributed by atoms with Crippen molar-refractivity contribution in [3.05, 3.63) is 52.8 Å². The number of hydrazine groups is 1. The molecule has 0 spiro atoms. The molecule has 0 saturated heterocycles. The molecule has 0 fully saturated rings. The van der Waals surface area contributed by atoms with Crippen molar-refractivity contribution in [3.8, 4) is 0 Å². The number of nitrogens with zero attached hydrogens (tertiary/aromatic N) is 4. The lowest BCUT2D eigenvalue weighted by Gasteiger charge is -2.11. The van der Waals surface area contributed by atoms with Crippen LogP contribution in [0.4, 0.5) is 5.13 Å². The zero-order chi connectivity index (χ0) is 25.2. The maximum Gasteiger partial charge on any atom is 0.270 e. The number of carbonyl (C=O) groups is 4. The van der Waals surface area contributed by atoms with Gasteiger partial charge in [0.15, 0.2) is 11.0 Å². The maximum absolute atomic E-state index is 12.8. The number of thioether (sulfide) groups is 1. The molecule has 35 heavy (non-hydrogen) atoms. The Balaban J connectivity index is 1.76. The summed E-state index contributed by atoms with van der Waals surface area (Å²) >= 11 is 13.1. The maximum atomic E-state index is 12.8. The Morgan fingerprint density at radius 3 is 2.40 bits per heavy atom. The van der Waals surface area contributed by atoms with E-state index in [1.165, 1.54) is 16.0 Å². The largest absolute Gasteiger partial charge is 0.301 e. The lowest BCUT2D eigenvalue weighted by molar-refractivity contribution is -0.126. The number of benzene rings is 1. The zero-order valence-electron chi connectivity index (χ0n) is 17.8. The van der Waals surface area contributed by atoms with Crippen LogP contribution in [0.5, 0.6) is 0 Å². The third-order valence-electron chi connectivity index (χ3n) is 4.00. The summed E-state index contributed by atoms with van der Waals surface area (Å²) in [6.45, 7) is 0. The fourth-order valence-electron chi connectivity index (χ4n) is 2.48. The van der Waals surface area contributed by atoms with Crippen LogP contribution in [-0.4, -0.2) is 61.0 Å². The van der Waals surface area contributed by atoms with E-state index in [0.717, 1.165) is 11.8 Å². The van der Waals surface area contributed by atoms with E-state index in [1.54, 1.807) is 35.7 Å². The van der Waals surface area contributed by atoms with E-state index >= 15 is 0 Å². The summed E-state index contributed by atoms with van der Waals surface area (Å²) < 4.78 is 1.36. The third kappa shape index (κ3) is 7.92. The normalized spacial score (nSPS) is 10.5. The molecular weight excluding hydrogens is 539 g/mol. The second kappa shape index (κ2) is 13.0. The van der Waals surface area contributed by atoms with Crippen LogP contribution in [0.1, 0.15) is 21.9 Å². The van der Waals surface area contributed by atoms with Crippen LogP contribution in [0.15, 0.2) is 40.9 Å². The van der Waals surface area contributed by atoms with Gasteiger partial charge in [0, 0.05) is 10.9 Å². The molecule has 1 aromatic carbocycles. The molecule has 4 amide bonds. The fourth-order valence-corrected chi connectivity index (χ4v) is 4.05. The highest BCUT2D eigenvalue weighted by atomic mass is 35.5. The number of hydrogen-bond donors (Lipinski definition) is 4. The monoisotopic (exact) mass is 556 g/mol. The number of aromatic nitrogens is 4. The van der Waals surface area contributed by atoms with Crippen LogP contribution in [0.2, 0.25) is 0 Å². The average Bonchev–Trinajstić information content (AvgIpc) is 3.48. The second-order valence-electron chi connectivity index (χ2n) is 6.56. The zero-order valence-corrected chi connectivity index (χ0v) is 20.9. The van der Waals surface area contributed by atoms with Gasteiger partial charge in [0.05, 0.1) is 17.9 Å². The van der Waals surface area contributed by atoms with Gasteiger partial charge in [-0.2, -0.15) is 0 Å². The highest BCUT2D eigenvalue weighted by Crippen LogP contribution is 2.21. The number of amides is 4. The third-order valence-corrected chi connectivity index (χ3v) is 6.22. The van der Waals surface area contributed by atoms with E-state index in [4.69, 9.17) is 23.2 Å². The van der Waals surface area contributed by atoms with Crippen molar-refractivity contribution in [2.45, 2.75) is 11.6 Å². The van der Waals surface area contributed by atoms with Gasteiger partial charge in [-0.15, -0.1) is 44.7 Å². The molecule has 12 nitrogen and oxygen atoms in total. The molecule has 2 aromatic heterocycles. The van der Waals surface area contributed by atoms with Gasteiger partial charge in [0.2, 0.25) is 17.0 Å². The first kappa shape index (κ1) is 26.4. The molecule has 3 rings (SSSR count). The Bertz CT molecular complexity index is 1200. The summed E-state index contributed by atoms with van der Waals surface area (Å²) in [5.74, 6) is -2.16. The van der Waals surface area contributed by atoms with Crippen LogP contribution >= 0.6 is 46.3 Å². The molecule has 0 bridgehead atoms. The van der Waals surface area contributed by atoms with Crippen molar-refractivity contribution in [1.29, 1.82) is 0 Å². The Morgan fingerprint density at radius 1 is 0.971 bits per heavy atom. The first-order valence-corrected chi connectivity index (χ1v) is 12.7. The van der Waals surface area contributed by atoms with Gasteiger partial charge < -0.3 is 5.32 Å². The standard InChI is InChI=1S/C19H18Cl2N8O4S2/c20-7-14(30)23-18-22-12(9-34-18)6-13-24-27-19(35-10-16(32)26-25-15(31)8-21)29(13)28-17(33)11-4-2-1-3-5-11/h1-5,9H,6-8,10H2,(H,25,31)(H,26,32)(H,28,33)(H,22,23,30). The predicted octanol–water partition coefficient (Wildman–Crippen LogP) is 1.36. The molecule has 3 aromatic rings. The van der Waals surface area contributed by atoms with Gasteiger partial charge in [-0.3, -0.25) is 35.5 Å². The van der Waals surface area contributed by atoms with Crippen LogP contribution < -0.4 is 21.6 Å². The molecular formula is C19H18Cl2N8O4S2. The van der Waals surface area contributed by atoms with Gasteiger partial charge in [-0.25, -0.2) is 9.66 Å². The smallest absolute Gasteiger partial charge is 0.270 e. The fraction of sp³-hybridized carbons (Fsp3) is 0.211. The van der Waals surface area contributed by atoms with Crippen molar-refractivity contribution in [3.63, 3.8) is 0 Å². The first-order valence-electron chi connectivity index (χ1n) is 9.77. The second-order valence-corrected chi connectivity index (χ2v) is 8.90. The van der Waals surface area contributed by atoms with Crippen molar-refractivity contribution < 1.29 is 19.2 Å². The summed E-state index contributed by atoms with van der Waals surface area (Å²) in [7, 11) is 0. The average molecular weight is 557 g/mol. The van der Waals surface area contributed by atoms with Gasteiger partial charge in [-0.1, -0.05) is 30.0 Å². The van der Waals surface area contributed by atoms with Gasteiger partial charge in [-0.05, 0) is 12.1 Å². The number of nitrogens with one attached hydrogen (secondary N) is 4. The molecule has 0 aliphatic rings. The molecule has 184 valence electrons. The van der Waals surface area contributed by atoms with E-state index in [-0.39, 0.29) is 35.0 Å². The first-order chi connectivity index (χ1) is 16.9. The number of anilines is 1. The van der Waals surface area contributed by atoms with E-state index in [1.807, 2.05) is 0 Å². The van der Waals surface area contributed by atoms with Crippen LogP contribution in [-0.2, 0) is 20.8 Å². The highest BCUT2D eigenvalue weighted by molar-refractivity contribution is 7.99. The number of hydrogen-bond acceptors (Lipinski definition) is 9. The molecule has 0 saturated carbocycles. The Labute approximate surface area is 217 Å². The number of rotatable bonds is 10. The molecule has 0 atom stereocenters. The quantitative estimate of drug-likeness (QED) is 0.165. The molecule has 0 aliphatic heterocycles. The Morgan fingerprint density at radius 2 is 1.69 bits per heavy atom. The SMILES string of the molecule is O=C(CCl)NNC(=O)CSc1nnc(Cc2csc(NC(=O)CCl)n2)n1NC(=O)c1ccccc1. The lowest BCUT2D eigenvalue weighted by Crippen LogP contribution is -2.43. The predicted molar refractivity (Wildman–Crippen MR) is 132 cm³/mol. The number of halogens is 2. The van der Waals surface area contributed by atoms with E-state index in [0.29, 0.717) is 22.2 Å². The van der Waals surface area contributed by atoms with Crippen LogP contribution in [0.3, 0.4) is 0 Å². The van der Waals surface area contributed by atoms with Crippen LogP contribution in [0.25, 0.3) is 0 Å². The molecule has 2 heterocycles. The number of carbonyl (C=O) groups excluding carboxylic acids is 4. The molecule has 0 unspecified atom stereocenters. The van der Waals surface area contributed by atoms with Crippen molar-refractivity contribution in [2.75, 3.05) is 28.3 Å². The summed E-state index contributed by atoms with van der Waals surface area (Å²) in [6, 6.07) is 8.52. The summed E-state index contributed by atoms with van der Waals surface area (Å²) in [6.07, 6.45) is 0.174. The summed E-state index contributed by atoms with van der Waals surface area (Å²) in [4.78, 5) is 51.8. The van der Waals surface area contributed by atoms with E-state index in [9.17, 15) is 19.2 Å². The number of thiazole rings is 1. The minimum atomic E-state index is -0.560. The van der Waals surface area contributed by atoms with E-state index < -0.39 is 17.7 Å². The molecule has 0 aliphatic carbocycles. The lowest BCUT2D eigenvalue weighted by atomic mass is 10.2. The van der Waals surface area contributed by atoms with Crippen molar-refractivity contribution in [1.82, 2.24) is 30.7 Å². The Kier molecular flexibility index (Phi) is 9.84. The minimum Gasteiger partial charge on any atom is -0.301 e. The van der Waals surface area contributed by atoms with Crippen molar-refractivity contribution in [2.24, 2.45) is 0 Å². The topological polar surface area (TPSA) is 160 Å². The number of alkyl halides is 2. The Hall–Kier alpha value is -3.20. The molecule has 16 heteroatoms. The van der Waals surface area contributed by atoms with Gasteiger partial charge in [0.1, 0.15) is 11.8 Å². The summed E-state index contributed by atoms with van der Waals surface area (Å²) in [5.41, 5.74) is 8.08. The highest BCUT2D eigenvalue weighted by Gasteiger charge is 2.19. The molecule has 0 radical (unpaired) electrons. The molecule has 4 N–H and O–H groups in total. The van der Waals surface area contributed by atoms with Gasteiger partial charge >= 0.3 is 0 Å². The summed E-state index contributed by atoms with van der Waals surface area (Å²) in [5, 5.41) is 13.1. The van der Waals surface area contributed by atoms with Crippen LogP contribution in [0, 0.1) is 0 Å². The van der Waals surface area contributed by atoms with Crippen molar-refractivity contribution >= 4 is 75.1 Å². The van der Waals surface area contributed by atoms with Gasteiger partial charge in [0.25, 0.3) is 11.8 Å². The van der Waals surface area contributed by atoms with E-state index in [2.05, 4.69) is 36.8 Å².